The fourth-order valence-electron chi connectivity index (χ4n) is 2.03. The van der Waals surface area contributed by atoms with Crippen molar-refractivity contribution in [3.8, 4) is 0 Å². The van der Waals surface area contributed by atoms with E-state index in [1.165, 1.54) is 0 Å². The number of carbonyl (C=O) groups excluding carboxylic acids is 1. The molecule has 18 heavy (non-hydrogen) atoms. The third-order valence-electron chi connectivity index (χ3n) is 3.27. The lowest BCUT2D eigenvalue weighted by molar-refractivity contribution is -0.129. The van der Waals surface area contributed by atoms with E-state index in [2.05, 4.69) is 15.3 Å². The lowest BCUT2D eigenvalue weighted by Crippen LogP contribution is -2.57. The van der Waals surface area contributed by atoms with E-state index in [0.717, 1.165) is 18.7 Å². The molecule has 0 bridgehead atoms. The average Bonchev–Trinajstić information content (AvgIpc) is 2.88. The van der Waals surface area contributed by atoms with Gasteiger partial charge in [-0.15, -0.1) is 0 Å². The van der Waals surface area contributed by atoms with Crippen LogP contribution in [0.2, 0.25) is 0 Å². The summed E-state index contributed by atoms with van der Waals surface area (Å²) in [7, 11) is 0. The molecule has 1 fully saturated rings. The van der Waals surface area contributed by atoms with Crippen LogP contribution in [0.25, 0.3) is 0 Å². The number of amides is 1. The number of rotatable bonds is 5. The maximum absolute atomic E-state index is 12.0. The largest absolute Gasteiger partial charge is 0.381 e. The van der Waals surface area contributed by atoms with Crippen LogP contribution in [0.15, 0.2) is 12.4 Å². The van der Waals surface area contributed by atoms with Crippen molar-refractivity contribution in [1.29, 1.82) is 0 Å². The molecule has 0 saturated carbocycles. The first-order valence-electron chi connectivity index (χ1n) is 6.34. The van der Waals surface area contributed by atoms with Crippen LogP contribution in [0, 0.1) is 0 Å². The van der Waals surface area contributed by atoms with Crippen LogP contribution in [0.3, 0.4) is 0 Å². The zero-order chi connectivity index (χ0) is 12.8. The third kappa shape index (κ3) is 3.30. The number of hydrogen-bond donors (Lipinski definition) is 3. The average molecular weight is 252 g/mol. The first kappa shape index (κ1) is 13.0. The van der Waals surface area contributed by atoms with Crippen molar-refractivity contribution in [2.45, 2.75) is 31.2 Å². The van der Waals surface area contributed by atoms with Crippen LogP contribution in [-0.4, -0.2) is 41.2 Å². The molecule has 2 rings (SSSR count). The molecule has 1 saturated heterocycles. The predicted molar refractivity (Wildman–Crippen MR) is 66.9 cm³/mol. The summed E-state index contributed by atoms with van der Waals surface area (Å²) in [6.07, 6.45) is 6.39. The maximum Gasteiger partial charge on any atom is 0.240 e. The first-order chi connectivity index (χ1) is 8.71. The number of nitrogens with one attached hydrogen (secondary N) is 2. The van der Waals surface area contributed by atoms with E-state index in [0.29, 0.717) is 32.6 Å². The summed E-state index contributed by atoms with van der Waals surface area (Å²) in [5.41, 5.74) is 5.32. The smallest absolute Gasteiger partial charge is 0.240 e. The van der Waals surface area contributed by atoms with Crippen molar-refractivity contribution in [3.05, 3.63) is 18.2 Å². The van der Waals surface area contributed by atoms with Crippen molar-refractivity contribution in [3.63, 3.8) is 0 Å². The fourth-order valence-corrected chi connectivity index (χ4v) is 2.03. The number of hydrogen-bond acceptors (Lipinski definition) is 4. The van der Waals surface area contributed by atoms with Crippen molar-refractivity contribution in [2.24, 2.45) is 5.73 Å². The van der Waals surface area contributed by atoms with Crippen LogP contribution < -0.4 is 11.1 Å². The number of nitrogens with zero attached hydrogens (tertiary/aromatic N) is 1. The van der Waals surface area contributed by atoms with Gasteiger partial charge >= 0.3 is 0 Å². The number of imidazole rings is 1. The number of aryl methyl sites for hydroxylation is 1. The molecule has 0 radical (unpaired) electrons. The number of aromatic nitrogens is 2. The highest BCUT2D eigenvalue weighted by Crippen LogP contribution is 2.17. The van der Waals surface area contributed by atoms with E-state index in [1.807, 2.05) is 0 Å². The Morgan fingerprint density at radius 1 is 1.56 bits per heavy atom. The van der Waals surface area contributed by atoms with Gasteiger partial charge in [0.15, 0.2) is 0 Å². The summed E-state index contributed by atoms with van der Waals surface area (Å²) in [4.78, 5) is 19.1. The second kappa shape index (κ2) is 5.97. The van der Waals surface area contributed by atoms with Gasteiger partial charge in [-0.2, -0.15) is 0 Å². The number of carbonyl (C=O) groups is 1. The van der Waals surface area contributed by atoms with E-state index in [9.17, 15) is 4.79 Å². The molecule has 1 aromatic rings. The molecule has 0 aromatic carbocycles. The SMILES string of the molecule is NC1(C(=O)NCCCc2ncc[nH]2)CCOCC1. The standard InChI is InChI=1S/C12H20N4O2/c13-12(3-8-18-9-4-12)11(17)16-5-1-2-10-14-6-7-15-10/h6-7H,1-5,8-9,13H2,(H,14,15)(H,16,17). The van der Waals surface area contributed by atoms with Crippen molar-refractivity contribution in [2.75, 3.05) is 19.8 Å². The highest BCUT2D eigenvalue weighted by atomic mass is 16.5. The Labute approximate surface area is 106 Å². The molecule has 1 aliphatic heterocycles. The summed E-state index contributed by atoms with van der Waals surface area (Å²) in [6, 6.07) is 0. The molecule has 2 heterocycles. The first-order valence-corrected chi connectivity index (χ1v) is 6.34. The zero-order valence-corrected chi connectivity index (χ0v) is 10.4. The third-order valence-corrected chi connectivity index (χ3v) is 3.27. The highest BCUT2D eigenvalue weighted by molar-refractivity contribution is 5.86. The Balaban J connectivity index is 1.68. The van der Waals surface area contributed by atoms with Crippen LogP contribution in [0.4, 0.5) is 0 Å². The lowest BCUT2D eigenvalue weighted by atomic mass is 9.90. The van der Waals surface area contributed by atoms with E-state index in [1.54, 1.807) is 12.4 Å². The second-order valence-corrected chi connectivity index (χ2v) is 4.66. The minimum Gasteiger partial charge on any atom is -0.381 e. The fraction of sp³-hybridized carbons (Fsp3) is 0.667. The van der Waals surface area contributed by atoms with E-state index < -0.39 is 5.54 Å². The number of nitrogens with two attached hydrogens (primary N) is 1. The molecular formula is C12H20N4O2. The summed E-state index contributed by atoms with van der Waals surface area (Å²) in [5, 5.41) is 2.89. The second-order valence-electron chi connectivity index (χ2n) is 4.66. The quantitative estimate of drug-likeness (QED) is 0.641. The van der Waals surface area contributed by atoms with Gasteiger partial charge in [0.2, 0.25) is 5.91 Å². The van der Waals surface area contributed by atoms with Gasteiger partial charge in [0.1, 0.15) is 5.82 Å². The van der Waals surface area contributed by atoms with Gasteiger partial charge < -0.3 is 20.8 Å². The summed E-state index contributed by atoms with van der Waals surface area (Å²) >= 11 is 0. The maximum atomic E-state index is 12.0. The van der Waals surface area contributed by atoms with Gasteiger partial charge in [-0.05, 0) is 19.3 Å². The van der Waals surface area contributed by atoms with Crippen molar-refractivity contribution >= 4 is 5.91 Å². The topological polar surface area (TPSA) is 93.0 Å². The zero-order valence-electron chi connectivity index (χ0n) is 10.4. The van der Waals surface area contributed by atoms with Crippen LogP contribution >= 0.6 is 0 Å². The molecule has 1 aromatic heterocycles. The van der Waals surface area contributed by atoms with Crippen LogP contribution in [0.1, 0.15) is 25.1 Å². The Hall–Kier alpha value is -1.40. The van der Waals surface area contributed by atoms with Gasteiger partial charge in [-0.1, -0.05) is 0 Å². The Morgan fingerprint density at radius 3 is 3.00 bits per heavy atom. The number of aromatic amines is 1. The van der Waals surface area contributed by atoms with Gasteiger partial charge in [0.05, 0.1) is 5.54 Å². The summed E-state index contributed by atoms with van der Waals surface area (Å²) in [6.45, 7) is 1.76. The van der Waals surface area contributed by atoms with E-state index >= 15 is 0 Å². The number of H-pyrrole nitrogens is 1. The summed E-state index contributed by atoms with van der Waals surface area (Å²) in [5.74, 6) is 0.878. The molecule has 6 heteroatoms. The monoisotopic (exact) mass is 252 g/mol. The Kier molecular flexibility index (Phi) is 4.33. The predicted octanol–water partition coefficient (Wildman–Crippen LogP) is -0.0336. The van der Waals surface area contributed by atoms with Crippen molar-refractivity contribution in [1.82, 2.24) is 15.3 Å². The lowest BCUT2D eigenvalue weighted by Gasteiger charge is -2.31. The van der Waals surface area contributed by atoms with Crippen LogP contribution in [-0.2, 0) is 16.0 Å². The minimum atomic E-state index is -0.747. The van der Waals surface area contributed by atoms with Crippen molar-refractivity contribution < 1.29 is 9.53 Å². The van der Waals surface area contributed by atoms with E-state index in [-0.39, 0.29) is 5.91 Å². The highest BCUT2D eigenvalue weighted by Gasteiger charge is 2.35. The molecule has 4 N–H and O–H groups in total. The van der Waals surface area contributed by atoms with Gasteiger partial charge in [0, 0.05) is 38.6 Å². The van der Waals surface area contributed by atoms with E-state index in [4.69, 9.17) is 10.5 Å². The van der Waals surface area contributed by atoms with Gasteiger partial charge in [0.25, 0.3) is 0 Å². The van der Waals surface area contributed by atoms with Crippen LogP contribution in [0.5, 0.6) is 0 Å². The molecule has 0 aliphatic carbocycles. The molecule has 1 aliphatic rings. The molecule has 0 atom stereocenters. The Morgan fingerprint density at radius 2 is 2.33 bits per heavy atom. The molecule has 0 spiro atoms. The normalized spacial score (nSPS) is 18.5. The number of ether oxygens (including phenoxy) is 1. The molecule has 0 unspecified atom stereocenters. The van der Waals surface area contributed by atoms with Gasteiger partial charge in [-0.3, -0.25) is 4.79 Å². The molecule has 6 nitrogen and oxygen atoms in total. The van der Waals surface area contributed by atoms with Gasteiger partial charge in [-0.25, -0.2) is 4.98 Å². The molecule has 1 amide bonds. The Bertz CT molecular complexity index is 371. The summed E-state index contributed by atoms with van der Waals surface area (Å²) < 4.78 is 5.22. The molecule has 100 valence electrons. The minimum absolute atomic E-state index is 0.0646. The molecular weight excluding hydrogens is 232 g/mol.